The molecule has 2 aromatic rings. The van der Waals surface area contributed by atoms with Crippen LogP contribution in [-0.4, -0.2) is 37.3 Å². The molecule has 0 spiro atoms. The fourth-order valence-electron chi connectivity index (χ4n) is 10.1. The average Bonchev–Trinajstić information content (AvgIpc) is 3.32. The molecule has 2 aromatic carbocycles. The van der Waals surface area contributed by atoms with Gasteiger partial charge < -0.3 is 14.4 Å². The Labute approximate surface area is 398 Å². The van der Waals surface area contributed by atoms with Gasteiger partial charge in [0.25, 0.3) is 0 Å². The summed E-state index contributed by atoms with van der Waals surface area (Å²) in [6, 6.07) is 20.5. The summed E-state index contributed by atoms with van der Waals surface area (Å²) < 4.78 is 9.32. The largest absolute Gasteiger partial charge is 0.478 e. The van der Waals surface area contributed by atoms with E-state index in [9.17, 15) is 9.90 Å². The Bertz CT molecular complexity index is 1890. The van der Waals surface area contributed by atoms with Gasteiger partial charge in [0, 0.05) is 53.8 Å². The number of carbonyl (C=O) groups is 1. The Morgan fingerprint density at radius 1 is 0.523 bits per heavy atom. The average molecular weight is 892 g/mol. The van der Waals surface area contributed by atoms with Crippen LogP contribution in [0.4, 0.5) is 5.69 Å². The van der Waals surface area contributed by atoms with Crippen LogP contribution < -0.4 is 14.8 Å². The van der Waals surface area contributed by atoms with Crippen molar-refractivity contribution in [3.8, 4) is 22.5 Å². The van der Waals surface area contributed by atoms with Crippen molar-refractivity contribution >= 4 is 22.6 Å². The first-order chi connectivity index (χ1) is 32.0. The van der Waals surface area contributed by atoms with Crippen molar-refractivity contribution < 1.29 is 14.3 Å². The lowest BCUT2D eigenvalue weighted by Gasteiger charge is -2.24. The number of aromatic carboxylic acids is 1. The van der Waals surface area contributed by atoms with E-state index in [2.05, 4.69) is 73.6 Å². The van der Waals surface area contributed by atoms with Gasteiger partial charge in [0.05, 0.1) is 11.6 Å². The molecule has 0 saturated heterocycles. The van der Waals surface area contributed by atoms with Crippen molar-refractivity contribution in [1.82, 2.24) is 4.58 Å². The van der Waals surface area contributed by atoms with Gasteiger partial charge in [-0.15, -0.1) is 0 Å². The van der Waals surface area contributed by atoms with Gasteiger partial charge >= 0.3 is 5.97 Å². The topological polar surface area (TPSA) is 56.7 Å². The summed E-state index contributed by atoms with van der Waals surface area (Å²) in [7, 11) is 0. The molecule has 0 fully saturated rings. The molecule has 65 heavy (non-hydrogen) atoms. The number of hydrogen-bond acceptors (Lipinski definition) is 3. The zero-order valence-electron chi connectivity index (χ0n) is 42.4. The van der Waals surface area contributed by atoms with Gasteiger partial charge in [-0.1, -0.05) is 218 Å². The number of carboxylic acid groups (broad SMARTS) is 1. The molecular formula is C60H95N2O3+. The highest BCUT2D eigenvalue weighted by Gasteiger charge is 2.23. The van der Waals surface area contributed by atoms with Crippen molar-refractivity contribution in [1.29, 1.82) is 0 Å². The third kappa shape index (κ3) is 20.0. The van der Waals surface area contributed by atoms with E-state index in [-0.39, 0.29) is 0 Å². The fraction of sp³-hybridized carbons (Fsp3) is 0.667. The number of fused-ring (bicyclic) bond motifs is 2. The van der Waals surface area contributed by atoms with E-state index in [4.69, 9.17) is 4.42 Å². The molecule has 0 saturated carbocycles. The van der Waals surface area contributed by atoms with E-state index in [0.717, 1.165) is 70.6 Å². The first kappa shape index (κ1) is 54.0. The molecule has 1 aliphatic heterocycles. The Kier molecular flexibility index (Phi) is 28.1. The van der Waals surface area contributed by atoms with Crippen LogP contribution in [0.3, 0.4) is 0 Å². The third-order valence-electron chi connectivity index (χ3n) is 14.2. The number of anilines is 1. The van der Waals surface area contributed by atoms with Crippen LogP contribution in [0.15, 0.2) is 65.1 Å². The van der Waals surface area contributed by atoms with E-state index in [0.29, 0.717) is 5.56 Å². The summed E-state index contributed by atoms with van der Waals surface area (Å²) in [5.74, 6) is -0.114. The maximum atomic E-state index is 12.6. The van der Waals surface area contributed by atoms with Crippen molar-refractivity contribution in [3.05, 3.63) is 71.6 Å². The summed E-state index contributed by atoms with van der Waals surface area (Å²) >= 11 is 0. The third-order valence-corrected chi connectivity index (χ3v) is 14.2. The zero-order chi connectivity index (χ0) is 46.2. The maximum Gasteiger partial charge on any atom is 0.336 e. The second-order valence-electron chi connectivity index (χ2n) is 19.5. The zero-order valence-corrected chi connectivity index (χ0v) is 42.4. The standard InChI is InChI=1S/C60H94N2O3/c1-5-9-11-13-15-17-19-21-23-25-27-29-31-33-35-39-47-61(7-3)51-43-45-55-57(49-51)65-58-50-52(44-46-56(58)59(55)53-41-37-38-42-54(53)60(63)64)62(8-4)48-40-36-34-32-30-28-26-24-22-20-18-16-14-12-10-6-2/h37-38,41-46,49-50H,5-36,39-40,47-48H2,1-4H3/p+1. The van der Waals surface area contributed by atoms with E-state index in [1.807, 2.05) is 18.2 Å². The van der Waals surface area contributed by atoms with Crippen molar-refractivity contribution in [2.75, 3.05) is 31.1 Å². The van der Waals surface area contributed by atoms with Crippen LogP contribution in [-0.2, 0) is 0 Å². The Hall–Kier alpha value is -3.60. The molecule has 5 heteroatoms. The van der Waals surface area contributed by atoms with Crippen LogP contribution in [0.1, 0.15) is 244 Å². The van der Waals surface area contributed by atoms with Crippen LogP contribution >= 0.6 is 0 Å². The monoisotopic (exact) mass is 892 g/mol. The molecule has 0 atom stereocenters. The number of hydrogen-bond donors (Lipinski definition) is 1. The van der Waals surface area contributed by atoms with E-state index < -0.39 is 5.97 Å². The molecule has 1 heterocycles. The van der Waals surface area contributed by atoms with Crippen molar-refractivity contribution in [2.24, 2.45) is 0 Å². The minimum absolute atomic E-state index is 0.312. The number of carboxylic acids is 1. The molecule has 5 nitrogen and oxygen atoms in total. The van der Waals surface area contributed by atoms with Crippen molar-refractivity contribution in [2.45, 2.75) is 233 Å². The highest BCUT2D eigenvalue weighted by molar-refractivity contribution is 6.07. The molecule has 0 aromatic heterocycles. The van der Waals surface area contributed by atoms with Gasteiger partial charge in [0.15, 0.2) is 0 Å². The fourth-order valence-corrected chi connectivity index (χ4v) is 10.1. The molecule has 1 aliphatic carbocycles. The minimum atomic E-state index is -0.914. The molecule has 362 valence electrons. The quantitative estimate of drug-likeness (QED) is 0.0275. The minimum Gasteiger partial charge on any atom is -0.478 e. The van der Waals surface area contributed by atoms with Crippen LogP contribution in [0, 0.1) is 0 Å². The van der Waals surface area contributed by atoms with Crippen molar-refractivity contribution in [3.63, 3.8) is 0 Å². The van der Waals surface area contributed by atoms with Gasteiger partial charge in [0.2, 0.25) is 5.36 Å². The summed E-state index contributed by atoms with van der Waals surface area (Å²) in [6.45, 7) is 13.0. The molecule has 0 unspecified atom stereocenters. The SMILES string of the molecule is CCCCCCCCCCCCCCCCCCN(CC)c1ccc2c(-c3ccccc3C(=O)O)c3ccc(=[N+](CC)CCCCCCCCCCCCCCCCCC)cc-3oc2c1. The molecule has 1 N–H and O–H groups in total. The molecule has 4 rings (SSSR count). The van der Waals surface area contributed by atoms with E-state index in [1.54, 1.807) is 6.07 Å². The first-order valence-corrected chi connectivity index (χ1v) is 27.7. The highest BCUT2D eigenvalue weighted by Crippen LogP contribution is 2.42. The predicted octanol–water partition coefficient (Wildman–Crippen LogP) is 18.0. The Morgan fingerprint density at radius 2 is 1.00 bits per heavy atom. The Morgan fingerprint density at radius 3 is 1.48 bits per heavy atom. The van der Waals surface area contributed by atoms with Gasteiger partial charge in [-0.05, 0) is 56.5 Å². The van der Waals surface area contributed by atoms with E-state index in [1.165, 1.54) is 205 Å². The van der Waals surface area contributed by atoms with Crippen LogP contribution in [0.25, 0.3) is 33.4 Å². The number of rotatable bonds is 39. The van der Waals surface area contributed by atoms with Gasteiger partial charge in [-0.2, -0.15) is 0 Å². The summed E-state index contributed by atoms with van der Waals surface area (Å²) in [5, 5.41) is 12.4. The second-order valence-corrected chi connectivity index (χ2v) is 19.5. The van der Waals surface area contributed by atoms with E-state index >= 15 is 0 Å². The highest BCUT2D eigenvalue weighted by atomic mass is 16.4. The molecular weight excluding hydrogens is 797 g/mol. The lowest BCUT2D eigenvalue weighted by Crippen LogP contribution is -2.30. The molecule has 2 aliphatic rings. The predicted molar refractivity (Wildman–Crippen MR) is 283 cm³/mol. The Balaban J connectivity index is 1.32. The smallest absolute Gasteiger partial charge is 0.336 e. The van der Waals surface area contributed by atoms with Gasteiger partial charge in [-0.3, -0.25) is 0 Å². The molecule has 0 bridgehead atoms. The molecule has 0 amide bonds. The first-order valence-electron chi connectivity index (χ1n) is 27.7. The lowest BCUT2D eigenvalue weighted by atomic mass is 9.90. The van der Waals surface area contributed by atoms with Gasteiger partial charge in [-0.25, -0.2) is 9.37 Å². The van der Waals surface area contributed by atoms with Gasteiger partial charge in [0.1, 0.15) is 24.4 Å². The summed E-state index contributed by atoms with van der Waals surface area (Å²) in [4.78, 5) is 15.0. The van der Waals surface area contributed by atoms with Crippen LogP contribution in [0.2, 0.25) is 0 Å². The normalized spacial score (nSPS) is 12.1. The number of benzene rings is 3. The summed E-state index contributed by atoms with van der Waals surface area (Å²) in [5.41, 5.74) is 4.88. The maximum absolute atomic E-state index is 12.6. The number of nitrogens with zero attached hydrogens (tertiary/aromatic N) is 2. The molecule has 0 radical (unpaired) electrons. The number of unbranched alkanes of at least 4 members (excludes halogenated alkanes) is 30. The lowest BCUT2D eigenvalue weighted by molar-refractivity contribution is 0.0697. The summed E-state index contributed by atoms with van der Waals surface area (Å²) in [6.07, 6.45) is 44.1. The second kappa shape index (κ2) is 33.8. The van der Waals surface area contributed by atoms with Crippen LogP contribution in [0.5, 0.6) is 0 Å².